The van der Waals surface area contributed by atoms with Gasteiger partial charge >= 0.3 is 12.1 Å². The summed E-state index contributed by atoms with van der Waals surface area (Å²) in [6, 6.07) is 7.18. The summed E-state index contributed by atoms with van der Waals surface area (Å²) in [4.78, 5) is 21.1. The van der Waals surface area contributed by atoms with E-state index in [9.17, 15) is 18.0 Å². The molecule has 1 aromatic rings. The van der Waals surface area contributed by atoms with E-state index in [1.807, 2.05) is 12.1 Å². The molecule has 0 radical (unpaired) electrons. The second-order valence-corrected chi connectivity index (χ2v) is 5.79. The van der Waals surface area contributed by atoms with Crippen molar-refractivity contribution in [3.63, 3.8) is 0 Å². The maximum absolute atomic E-state index is 12.2. The van der Waals surface area contributed by atoms with Gasteiger partial charge < -0.3 is 15.7 Å². The fourth-order valence-electron chi connectivity index (χ4n) is 2.20. The van der Waals surface area contributed by atoms with Gasteiger partial charge in [0.25, 0.3) is 5.91 Å². The summed E-state index contributed by atoms with van der Waals surface area (Å²) >= 11 is 0. The minimum atomic E-state index is -5.08. The Morgan fingerprint density at radius 3 is 2.36 bits per heavy atom. The highest BCUT2D eigenvalue weighted by Gasteiger charge is 2.38. The quantitative estimate of drug-likeness (QED) is 0.710. The number of carboxylic acids is 1. The number of rotatable bonds is 2. The molecule has 0 aliphatic carbocycles. The second-order valence-electron chi connectivity index (χ2n) is 5.79. The number of hydrogen-bond acceptors (Lipinski definition) is 3. The monoisotopic (exact) mass is 356 g/mol. The van der Waals surface area contributed by atoms with Crippen LogP contribution < -0.4 is 10.6 Å². The summed E-state index contributed by atoms with van der Waals surface area (Å²) in [6.45, 7) is 3.99. The first-order chi connectivity index (χ1) is 11.6. The number of benzene rings is 1. The fraction of sp³-hybridized carbons (Fsp3) is 0.412. The molecule has 136 valence electrons. The standard InChI is InChI=1S/C15H18N2O.C2HF3O2/c1-3-12-5-4-6-13(11-12)14(18)17-15(2)7-9-16-10-8-15;3-2(4,5)1(6)7/h1,4-6,11,16H,7-10H2,2H3,(H,17,18);(H,6,7). The van der Waals surface area contributed by atoms with E-state index in [-0.39, 0.29) is 11.4 Å². The van der Waals surface area contributed by atoms with Gasteiger partial charge in [-0.25, -0.2) is 4.79 Å². The maximum Gasteiger partial charge on any atom is 0.490 e. The zero-order valence-corrected chi connectivity index (χ0v) is 13.6. The van der Waals surface area contributed by atoms with Crippen LogP contribution in [0.1, 0.15) is 35.7 Å². The average Bonchev–Trinajstić information content (AvgIpc) is 2.55. The number of hydrogen-bond donors (Lipinski definition) is 3. The number of carbonyl (C=O) groups is 2. The molecule has 2 rings (SSSR count). The minimum Gasteiger partial charge on any atom is -0.475 e. The molecule has 1 aliphatic rings. The van der Waals surface area contributed by atoms with E-state index in [0.717, 1.165) is 31.5 Å². The first kappa shape index (κ1) is 20.5. The first-order valence-corrected chi connectivity index (χ1v) is 7.47. The van der Waals surface area contributed by atoms with E-state index in [4.69, 9.17) is 16.3 Å². The van der Waals surface area contributed by atoms with Crippen LogP contribution in [0.5, 0.6) is 0 Å². The van der Waals surface area contributed by atoms with Gasteiger partial charge in [0.05, 0.1) is 0 Å². The van der Waals surface area contributed by atoms with Crippen molar-refractivity contribution in [2.24, 2.45) is 0 Å². The van der Waals surface area contributed by atoms with Crippen LogP contribution in [0.2, 0.25) is 0 Å². The minimum absolute atomic E-state index is 0.0449. The molecule has 1 aromatic carbocycles. The molecule has 1 saturated heterocycles. The topological polar surface area (TPSA) is 78.4 Å². The molecule has 0 spiro atoms. The predicted molar refractivity (Wildman–Crippen MR) is 86.0 cm³/mol. The normalized spacial score (nSPS) is 16.0. The van der Waals surface area contributed by atoms with Gasteiger partial charge in [-0.1, -0.05) is 12.0 Å². The van der Waals surface area contributed by atoms with Crippen LogP contribution in [0.25, 0.3) is 0 Å². The molecular formula is C17H19F3N2O3. The summed E-state index contributed by atoms with van der Waals surface area (Å²) in [7, 11) is 0. The Kier molecular flexibility index (Phi) is 7.00. The number of carbonyl (C=O) groups excluding carboxylic acids is 1. The molecule has 0 bridgehead atoms. The Balaban J connectivity index is 0.000000381. The van der Waals surface area contributed by atoms with Gasteiger partial charge in [0.1, 0.15) is 0 Å². The molecule has 1 amide bonds. The molecule has 1 aliphatic heterocycles. The number of piperidine rings is 1. The lowest BCUT2D eigenvalue weighted by atomic mass is 9.90. The summed E-state index contributed by atoms with van der Waals surface area (Å²) in [5, 5.41) is 13.5. The lowest BCUT2D eigenvalue weighted by Gasteiger charge is -2.35. The molecule has 0 atom stereocenters. The Labute approximate surface area is 143 Å². The second kappa shape index (κ2) is 8.53. The van der Waals surface area contributed by atoms with Gasteiger partial charge in [-0.2, -0.15) is 13.2 Å². The van der Waals surface area contributed by atoms with Crippen molar-refractivity contribution >= 4 is 11.9 Å². The number of nitrogens with one attached hydrogen (secondary N) is 2. The van der Waals surface area contributed by atoms with Gasteiger partial charge in [0, 0.05) is 16.7 Å². The van der Waals surface area contributed by atoms with Crippen LogP contribution in [-0.4, -0.2) is 41.8 Å². The summed E-state index contributed by atoms with van der Waals surface area (Å²) in [5.41, 5.74) is 1.25. The third kappa shape index (κ3) is 6.85. The Bertz CT molecular complexity index is 660. The van der Waals surface area contributed by atoms with Gasteiger partial charge in [-0.15, -0.1) is 6.42 Å². The van der Waals surface area contributed by atoms with Crippen molar-refractivity contribution in [2.75, 3.05) is 13.1 Å². The van der Waals surface area contributed by atoms with E-state index in [2.05, 4.69) is 23.5 Å². The third-order valence-corrected chi connectivity index (χ3v) is 3.66. The van der Waals surface area contributed by atoms with Crippen LogP contribution >= 0.6 is 0 Å². The number of alkyl halides is 3. The highest BCUT2D eigenvalue weighted by Crippen LogP contribution is 2.18. The van der Waals surface area contributed by atoms with Gasteiger partial charge in [0.2, 0.25) is 0 Å². The van der Waals surface area contributed by atoms with Crippen molar-refractivity contribution in [3.8, 4) is 12.3 Å². The third-order valence-electron chi connectivity index (χ3n) is 3.66. The van der Waals surface area contributed by atoms with Crippen molar-refractivity contribution < 1.29 is 27.9 Å². The van der Waals surface area contributed by atoms with E-state index in [1.165, 1.54) is 0 Å². The van der Waals surface area contributed by atoms with E-state index in [0.29, 0.717) is 5.56 Å². The van der Waals surface area contributed by atoms with Gasteiger partial charge in [-0.05, 0) is 51.1 Å². The number of carboxylic acid groups (broad SMARTS) is 1. The fourth-order valence-corrected chi connectivity index (χ4v) is 2.20. The van der Waals surface area contributed by atoms with Gasteiger partial charge in [0.15, 0.2) is 0 Å². The zero-order valence-electron chi connectivity index (χ0n) is 13.6. The smallest absolute Gasteiger partial charge is 0.475 e. The number of terminal acetylenes is 1. The SMILES string of the molecule is C#Cc1cccc(C(=O)NC2(C)CCNCC2)c1.O=C(O)C(F)(F)F. The van der Waals surface area contributed by atoms with Crippen molar-refractivity contribution in [2.45, 2.75) is 31.5 Å². The van der Waals surface area contributed by atoms with Crippen molar-refractivity contribution in [3.05, 3.63) is 35.4 Å². The number of amides is 1. The molecule has 0 unspecified atom stereocenters. The summed E-state index contributed by atoms with van der Waals surface area (Å²) in [6.07, 6.45) is 2.16. The average molecular weight is 356 g/mol. The van der Waals surface area contributed by atoms with Crippen LogP contribution in [0.4, 0.5) is 13.2 Å². The number of aliphatic carboxylic acids is 1. The zero-order chi connectivity index (χ0) is 19.1. The molecule has 5 nitrogen and oxygen atoms in total. The van der Waals surface area contributed by atoms with Crippen LogP contribution in [0.3, 0.4) is 0 Å². The molecule has 25 heavy (non-hydrogen) atoms. The first-order valence-electron chi connectivity index (χ1n) is 7.47. The van der Waals surface area contributed by atoms with Crippen LogP contribution in [-0.2, 0) is 4.79 Å². The molecule has 1 heterocycles. The number of halogens is 3. The Hall–Kier alpha value is -2.53. The highest BCUT2D eigenvalue weighted by molar-refractivity contribution is 5.95. The highest BCUT2D eigenvalue weighted by atomic mass is 19.4. The summed E-state index contributed by atoms with van der Waals surface area (Å²) in [5.74, 6) is -0.256. The molecule has 0 aromatic heterocycles. The Morgan fingerprint density at radius 2 is 1.88 bits per heavy atom. The predicted octanol–water partition coefficient (Wildman–Crippen LogP) is 2.17. The molecule has 8 heteroatoms. The van der Waals surface area contributed by atoms with Gasteiger partial charge in [-0.3, -0.25) is 4.79 Å². The largest absolute Gasteiger partial charge is 0.490 e. The molecule has 0 saturated carbocycles. The van der Waals surface area contributed by atoms with Crippen molar-refractivity contribution in [1.29, 1.82) is 0 Å². The molecule has 1 fully saturated rings. The van der Waals surface area contributed by atoms with E-state index < -0.39 is 12.1 Å². The van der Waals surface area contributed by atoms with E-state index >= 15 is 0 Å². The van der Waals surface area contributed by atoms with Crippen LogP contribution in [0, 0.1) is 12.3 Å². The Morgan fingerprint density at radius 1 is 1.32 bits per heavy atom. The van der Waals surface area contributed by atoms with Crippen molar-refractivity contribution in [1.82, 2.24) is 10.6 Å². The lowest BCUT2D eigenvalue weighted by Crippen LogP contribution is -2.52. The van der Waals surface area contributed by atoms with E-state index in [1.54, 1.807) is 12.1 Å². The molecular weight excluding hydrogens is 337 g/mol. The summed E-state index contributed by atoms with van der Waals surface area (Å²) < 4.78 is 31.7. The lowest BCUT2D eigenvalue weighted by molar-refractivity contribution is -0.192. The maximum atomic E-state index is 12.2. The van der Waals surface area contributed by atoms with Crippen LogP contribution in [0.15, 0.2) is 24.3 Å². The molecule has 3 N–H and O–H groups in total.